The van der Waals surface area contributed by atoms with E-state index < -0.39 is 0 Å². The highest BCUT2D eigenvalue weighted by Crippen LogP contribution is 2.30. The van der Waals surface area contributed by atoms with Gasteiger partial charge in [-0.15, -0.1) is 0 Å². The van der Waals surface area contributed by atoms with Crippen molar-refractivity contribution in [2.45, 2.75) is 13.3 Å². The van der Waals surface area contributed by atoms with Gasteiger partial charge in [0.25, 0.3) is 0 Å². The molecule has 2 rings (SSSR count). The fourth-order valence-electron chi connectivity index (χ4n) is 1.89. The van der Waals surface area contributed by atoms with Gasteiger partial charge in [0.1, 0.15) is 13.2 Å². The molecule has 0 atom stereocenters. The first-order valence-electron chi connectivity index (χ1n) is 6.57. The minimum absolute atomic E-state index is 0.656. The van der Waals surface area contributed by atoms with Gasteiger partial charge in [-0.2, -0.15) is 11.8 Å². The number of thioether (sulfide) groups is 1. The van der Waals surface area contributed by atoms with Crippen LogP contribution in [0.1, 0.15) is 12.5 Å². The summed E-state index contributed by atoms with van der Waals surface area (Å²) in [7, 11) is 0. The van der Waals surface area contributed by atoms with Crippen LogP contribution >= 0.6 is 11.8 Å². The second-order valence-electron chi connectivity index (χ2n) is 4.17. The predicted octanol–water partition coefficient (Wildman–Crippen LogP) is 2.34. The van der Waals surface area contributed by atoms with E-state index in [1.807, 2.05) is 17.8 Å². The Hall–Kier alpha value is -0.870. The number of rotatable bonds is 7. The third kappa shape index (κ3) is 4.10. The first kappa shape index (κ1) is 13.6. The van der Waals surface area contributed by atoms with E-state index in [2.05, 4.69) is 24.4 Å². The zero-order chi connectivity index (χ0) is 12.6. The number of benzene rings is 1. The molecule has 1 aliphatic heterocycles. The van der Waals surface area contributed by atoms with Crippen LogP contribution in [-0.4, -0.2) is 37.8 Å². The van der Waals surface area contributed by atoms with Crippen molar-refractivity contribution >= 4 is 11.8 Å². The molecular formula is C14H21NO2S. The van der Waals surface area contributed by atoms with Crippen LogP contribution in [0.25, 0.3) is 0 Å². The molecule has 0 amide bonds. The first-order valence-corrected chi connectivity index (χ1v) is 7.72. The molecule has 0 aliphatic carbocycles. The predicted molar refractivity (Wildman–Crippen MR) is 77.0 cm³/mol. The van der Waals surface area contributed by atoms with Gasteiger partial charge in [-0.05, 0) is 36.4 Å². The van der Waals surface area contributed by atoms with Crippen LogP contribution in [0.5, 0.6) is 11.5 Å². The van der Waals surface area contributed by atoms with Crippen LogP contribution in [-0.2, 0) is 6.42 Å². The highest BCUT2D eigenvalue weighted by atomic mass is 32.2. The molecule has 18 heavy (non-hydrogen) atoms. The Labute approximate surface area is 113 Å². The van der Waals surface area contributed by atoms with E-state index in [-0.39, 0.29) is 0 Å². The molecule has 1 aromatic rings. The number of nitrogens with one attached hydrogen (secondary N) is 1. The second kappa shape index (κ2) is 7.54. The lowest BCUT2D eigenvalue weighted by atomic mass is 10.1. The summed E-state index contributed by atoms with van der Waals surface area (Å²) in [6.45, 7) is 5.61. The summed E-state index contributed by atoms with van der Waals surface area (Å²) in [4.78, 5) is 0. The maximum absolute atomic E-state index is 5.57. The summed E-state index contributed by atoms with van der Waals surface area (Å²) < 4.78 is 11.1. The van der Waals surface area contributed by atoms with Gasteiger partial charge in [0.15, 0.2) is 11.5 Å². The van der Waals surface area contributed by atoms with E-state index in [1.165, 1.54) is 17.1 Å². The summed E-state index contributed by atoms with van der Waals surface area (Å²) in [6.07, 6.45) is 1.04. The quantitative estimate of drug-likeness (QED) is 0.768. The van der Waals surface area contributed by atoms with Crippen LogP contribution in [0, 0.1) is 0 Å². The lowest BCUT2D eigenvalue weighted by Gasteiger charge is -2.18. The van der Waals surface area contributed by atoms with Gasteiger partial charge in [0.05, 0.1) is 0 Å². The molecule has 1 N–H and O–H groups in total. The third-order valence-electron chi connectivity index (χ3n) is 2.82. The smallest absolute Gasteiger partial charge is 0.161 e. The van der Waals surface area contributed by atoms with Crippen molar-refractivity contribution in [1.82, 2.24) is 5.32 Å². The molecule has 1 aliphatic rings. The molecule has 3 nitrogen and oxygen atoms in total. The Kier molecular flexibility index (Phi) is 5.68. The Morgan fingerprint density at radius 3 is 2.83 bits per heavy atom. The molecule has 1 aromatic carbocycles. The fourth-order valence-corrected chi connectivity index (χ4v) is 2.47. The van der Waals surface area contributed by atoms with Crippen LogP contribution in [0.4, 0.5) is 0 Å². The van der Waals surface area contributed by atoms with Crippen LogP contribution < -0.4 is 14.8 Å². The maximum Gasteiger partial charge on any atom is 0.161 e. The average Bonchev–Trinajstić information content (AvgIpc) is 2.42. The van der Waals surface area contributed by atoms with Gasteiger partial charge < -0.3 is 14.8 Å². The zero-order valence-electron chi connectivity index (χ0n) is 10.9. The SMILES string of the molecule is CCSCCNCCc1ccc2c(c1)OCCO2. The summed E-state index contributed by atoms with van der Waals surface area (Å²) in [6, 6.07) is 6.23. The number of fused-ring (bicyclic) bond motifs is 1. The second-order valence-corrected chi connectivity index (χ2v) is 5.57. The summed E-state index contributed by atoms with van der Waals surface area (Å²) in [5.41, 5.74) is 1.30. The van der Waals surface area contributed by atoms with E-state index in [4.69, 9.17) is 9.47 Å². The molecule has 4 heteroatoms. The molecule has 100 valence electrons. The largest absolute Gasteiger partial charge is 0.486 e. The molecule has 0 spiro atoms. The summed E-state index contributed by atoms with van der Waals surface area (Å²) >= 11 is 1.97. The first-order chi connectivity index (χ1) is 8.90. The topological polar surface area (TPSA) is 30.5 Å². The van der Waals surface area contributed by atoms with E-state index in [1.54, 1.807) is 0 Å². The summed E-state index contributed by atoms with van der Waals surface area (Å²) in [5, 5.41) is 3.46. The number of hydrogen-bond donors (Lipinski definition) is 1. The molecule has 0 radical (unpaired) electrons. The van der Waals surface area contributed by atoms with Gasteiger partial charge in [-0.3, -0.25) is 0 Å². The average molecular weight is 267 g/mol. The van der Waals surface area contributed by atoms with Gasteiger partial charge in [-0.25, -0.2) is 0 Å². The third-order valence-corrected chi connectivity index (χ3v) is 3.73. The molecule has 0 bridgehead atoms. The molecule has 0 aromatic heterocycles. The molecule has 0 saturated carbocycles. The fraction of sp³-hybridized carbons (Fsp3) is 0.571. The minimum atomic E-state index is 0.656. The molecule has 1 heterocycles. The lowest BCUT2D eigenvalue weighted by Crippen LogP contribution is -2.20. The lowest BCUT2D eigenvalue weighted by molar-refractivity contribution is 0.171. The van der Waals surface area contributed by atoms with Crippen molar-refractivity contribution in [3.63, 3.8) is 0 Å². The standard InChI is InChI=1S/C14H21NO2S/c1-2-18-10-7-15-6-5-12-3-4-13-14(11-12)17-9-8-16-13/h3-4,11,15H,2,5-10H2,1H3. The van der Waals surface area contributed by atoms with Gasteiger partial charge in [-0.1, -0.05) is 13.0 Å². The van der Waals surface area contributed by atoms with Gasteiger partial charge in [0, 0.05) is 12.3 Å². The van der Waals surface area contributed by atoms with Crippen molar-refractivity contribution in [3.8, 4) is 11.5 Å². The van der Waals surface area contributed by atoms with E-state index in [9.17, 15) is 0 Å². The van der Waals surface area contributed by atoms with E-state index >= 15 is 0 Å². The number of hydrogen-bond acceptors (Lipinski definition) is 4. The van der Waals surface area contributed by atoms with Crippen LogP contribution in [0.15, 0.2) is 18.2 Å². The zero-order valence-corrected chi connectivity index (χ0v) is 11.7. The minimum Gasteiger partial charge on any atom is -0.486 e. The molecule has 0 unspecified atom stereocenters. The van der Waals surface area contributed by atoms with Crippen molar-refractivity contribution in [3.05, 3.63) is 23.8 Å². The van der Waals surface area contributed by atoms with Gasteiger partial charge >= 0.3 is 0 Å². The normalized spacial score (nSPS) is 13.6. The Morgan fingerprint density at radius 2 is 2.00 bits per heavy atom. The monoisotopic (exact) mass is 267 g/mol. The number of ether oxygens (including phenoxy) is 2. The highest BCUT2D eigenvalue weighted by Gasteiger charge is 2.11. The van der Waals surface area contributed by atoms with Crippen molar-refractivity contribution < 1.29 is 9.47 Å². The van der Waals surface area contributed by atoms with Crippen molar-refractivity contribution in [2.75, 3.05) is 37.8 Å². The van der Waals surface area contributed by atoms with E-state index in [0.29, 0.717) is 13.2 Å². The molecule has 0 fully saturated rings. The van der Waals surface area contributed by atoms with Crippen LogP contribution in [0.3, 0.4) is 0 Å². The van der Waals surface area contributed by atoms with Crippen LogP contribution in [0.2, 0.25) is 0 Å². The maximum atomic E-state index is 5.57. The van der Waals surface area contributed by atoms with Gasteiger partial charge in [0.2, 0.25) is 0 Å². The Balaban J connectivity index is 1.72. The Bertz CT molecular complexity index is 371. The van der Waals surface area contributed by atoms with Crippen molar-refractivity contribution in [2.24, 2.45) is 0 Å². The van der Waals surface area contributed by atoms with E-state index in [0.717, 1.165) is 31.0 Å². The summed E-state index contributed by atoms with van der Waals surface area (Å²) in [5.74, 6) is 4.15. The molecule has 0 saturated heterocycles. The van der Waals surface area contributed by atoms with Crippen molar-refractivity contribution in [1.29, 1.82) is 0 Å². The molecular weight excluding hydrogens is 246 g/mol. The Morgan fingerprint density at radius 1 is 1.17 bits per heavy atom. The highest BCUT2D eigenvalue weighted by molar-refractivity contribution is 7.99.